The molecule has 10 heteroatoms. The van der Waals surface area contributed by atoms with Crippen LogP contribution < -0.4 is 5.32 Å². The summed E-state index contributed by atoms with van der Waals surface area (Å²) in [6.45, 7) is 0.636. The molecule has 2 aromatic carbocycles. The highest BCUT2D eigenvalue weighted by Gasteiger charge is 2.30. The van der Waals surface area contributed by atoms with Crippen LogP contribution in [-0.2, 0) is 10.0 Å². The van der Waals surface area contributed by atoms with Gasteiger partial charge in [-0.1, -0.05) is 18.2 Å². The smallest absolute Gasteiger partial charge is 0.265 e. The molecule has 0 atom stereocenters. The third-order valence-corrected chi connectivity index (χ3v) is 7.84. The Morgan fingerprint density at radius 3 is 2.38 bits per heavy atom. The number of carbonyl (C=O) groups excluding carboxylic acids is 2. The summed E-state index contributed by atoms with van der Waals surface area (Å²) in [6.07, 6.45) is 0. The molecular formula is C22H20FN3O4S2. The molecule has 4 rings (SSSR count). The summed E-state index contributed by atoms with van der Waals surface area (Å²) in [7, 11) is -3.83. The second-order valence-electron chi connectivity index (χ2n) is 7.17. The van der Waals surface area contributed by atoms with Crippen molar-refractivity contribution < 1.29 is 22.4 Å². The maximum absolute atomic E-state index is 13.5. The molecular weight excluding hydrogens is 453 g/mol. The number of halogens is 1. The molecule has 0 bridgehead atoms. The highest BCUT2D eigenvalue weighted by atomic mass is 32.2. The van der Waals surface area contributed by atoms with Crippen molar-refractivity contribution in [3.05, 3.63) is 82.3 Å². The van der Waals surface area contributed by atoms with E-state index in [2.05, 4.69) is 5.32 Å². The lowest BCUT2D eigenvalue weighted by atomic mass is 10.1. The summed E-state index contributed by atoms with van der Waals surface area (Å²) < 4.78 is 40.2. The zero-order valence-electron chi connectivity index (χ0n) is 16.9. The van der Waals surface area contributed by atoms with Gasteiger partial charge in [0.15, 0.2) is 0 Å². The Labute approximate surface area is 189 Å². The van der Waals surface area contributed by atoms with Crippen LogP contribution in [0, 0.1) is 5.82 Å². The van der Waals surface area contributed by atoms with Gasteiger partial charge in [0, 0.05) is 37.4 Å². The molecule has 1 fully saturated rings. The number of piperazine rings is 1. The van der Waals surface area contributed by atoms with Crippen molar-refractivity contribution in [1.82, 2.24) is 9.21 Å². The van der Waals surface area contributed by atoms with E-state index in [1.54, 1.807) is 41.3 Å². The molecule has 1 aliphatic rings. The van der Waals surface area contributed by atoms with E-state index >= 15 is 0 Å². The Balaban J connectivity index is 1.41. The van der Waals surface area contributed by atoms with Gasteiger partial charge in [-0.25, -0.2) is 12.8 Å². The van der Waals surface area contributed by atoms with E-state index in [0.29, 0.717) is 16.1 Å². The van der Waals surface area contributed by atoms with Crippen LogP contribution in [0.4, 0.5) is 10.1 Å². The number of nitrogens with one attached hydrogen (secondary N) is 1. The van der Waals surface area contributed by atoms with Crippen LogP contribution in [0.25, 0.3) is 0 Å². The van der Waals surface area contributed by atoms with E-state index in [-0.39, 0.29) is 42.9 Å². The van der Waals surface area contributed by atoms with Gasteiger partial charge < -0.3 is 10.2 Å². The van der Waals surface area contributed by atoms with Gasteiger partial charge in [-0.2, -0.15) is 4.31 Å². The molecule has 1 saturated heterocycles. The Morgan fingerprint density at radius 1 is 0.938 bits per heavy atom. The lowest BCUT2D eigenvalue weighted by molar-refractivity contribution is 0.0697. The maximum Gasteiger partial charge on any atom is 0.265 e. The molecule has 32 heavy (non-hydrogen) atoms. The first kappa shape index (κ1) is 22.1. The average Bonchev–Trinajstić information content (AvgIpc) is 3.34. The molecule has 3 aromatic rings. The molecule has 2 heterocycles. The number of benzene rings is 2. The zero-order chi connectivity index (χ0) is 22.7. The Hall–Kier alpha value is -3.08. The third kappa shape index (κ3) is 4.72. The molecule has 1 N–H and O–H groups in total. The van der Waals surface area contributed by atoms with Gasteiger partial charge in [0.25, 0.3) is 11.8 Å². The van der Waals surface area contributed by atoms with Crippen molar-refractivity contribution in [2.45, 2.75) is 4.90 Å². The number of hydrogen-bond acceptors (Lipinski definition) is 5. The van der Waals surface area contributed by atoms with Crippen molar-refractivity contribution in [3.63, 3.8) is 0 Å². The van der Waals surface area contributed by atoms with Gasteiger partial charge >= 0.3 is 0 Å². The van der Waals surface area contributed by atoms with Crippen LogP contribution in [0.5, 0.6) is 0 Å². The molecule has 0 unspecified atom stereocenters. The summed E-state index contributed by atoms with van der Waals surface area (Å²) >= 11 is 1.32. The van der Waals surface area contributed by atoms with Crippen LogP contribution >= 0.6 is 11.3 Å². The number of rotatable bonds is 5. The second kappa shape index (κ2) is 9.19. The third-order valence-electron chi connectivity index (χ3n) is 5.07. The molecule has 0 radical (unpaired) electrons. The molecule has 166 valence electrons. The number of thiophene rings is 1. The van der Waals surface area contributed by atoms with Gasteiger partial charge in [-0.05, 0) is 47.8 Å². The normalized spacial score (nSPS) is 14.8. The quantitative estimate of drug-likeness (QED) is 0.616. The van der Waals surface area contributed by atoms with E-state index in [9.17, 15) is 22.4 Å². The Kier molecular flexibility index (Phi) is 6.35. The topological polar surface area (TPSA) is 86.8 Å². The van der Waals surface area contributed by atoms with Crippen LogP contribution in [0.2, 0.25) is 0 Å². The van der Waals surface area contributed by atoms with E-state index in [0.717, 1.165) is 6.07 Å². The summed E-state index contributed by atoms with van der Waals surface area (Å²) in [5, 5.41) is 4.58. The van der Waals surface area contributed by atoms with Gasteiger partial charge in [0.1, 0.15) is 5.82 Å². The minimum Gasteiger partial charge on any atom is -0.336 e. The largest absolute Gasteiger partial charge is 0.336 e. The van der Waals surface area contributed by atoms with Crippen LogP contribution in [0.1, 0.15) is 20.0 Å². The highest BCUT2D eigenvalue weighted by molar-refractivity contribution is 7.89. The number of anilines is 1. The number of hydrogen-bond donors (Lipinski definition) is 1. The molecule has 1 aliphatic heterocycles. The highest BCUT2D eigenvalue weighted by Crippen LogP contribution is 2.20. The van der Waals surface area contributed by atoms with Gasteiger partial charge in [0.2, 0.25) is 10.0 Å². The minimum atomic E-state index is -3.83. The standard InChI is InChI=1S/C22H20FN3O4S2/c23-17-5-2-7-19(15-17)32(29,30)26-11-9-25(10-12-26)22(28)16-4-1-6-18(14-16)24-21(27)20-8-3-13-31-20/h1-8,13-15H,9-12H2,(H,24,27). The van der Waals surface area contributed by atoms with Crippen molar-refractivity contribution >= 4 is 38.9 Å². The number of amides is 2. The van der Waals surface area contributed by atoms with Crippen molar-refractivity contribution in [2.75, 3.05) is 31.5 Å². The summed E-state index contributed by atoms with van der Waals surface area (Å²) in [4.78, 5) is 27.2. The molecule has 0 aliphatic carbocycles. The lowest BCUT2D eigenvalue weighted by Crippen LogP contribution is -2.50. The maximum atomic E-state index is 13.5. The summed E-state index contributed by atoms with van der Waals surface area (Å²) in [6, 6.07) is 15.0. The first-order chi connectivity index (χ1) is 15.3. The fraction of sp³-hybridized carbons (Fsp3) is 0.182. The fourth-order valence-corrected chi connectivity index (χ4v) is 5.49. The van der Waals surface area contributed by atoms with E-state index in [4.69, 9.17) is 0 Å². The predicted octanol–water partition coefficient (Wildman–Crippen LogP) is 3.29. The monoisotopic (exact) mass is 473 g/mol. The van der Waals surface area contributed by atoms with Gasteiger partial charge in [0.05, 0.1) is 9.77 Å². The molecule has 7 nitrogen and oxygen atoms in total. The van der Waals surface area contributed by atoms with E-state index in [1.165, 1.54) is 33.8 Å². The second-order valence-corrected chi connectivity index (χ2v) is 10.1. The van der Waals surface area contributed by atoms with Crippen molar-refractivity contribution in [1.29, 1.82) is 0 Å². The number of carbonyl (C=O) groups is 2. The van der Waals surface area contributed by atoms with E-state index < -0.39 is 15.8 Å². The molecule has 2 amide bonds. The van der Waals surface area contributed by atoms with Gasteiger partial charge in [-0.3, -0.25) is 9.59 Å². The first-order valence-corrected chi connectivity index (χ1v) is 12.2. The van der Waals surface area contributed by atoms with Gasteiger partial charge in [-0.15, -0.1) is 11.3 Å². The number of nitrogens with zero attached hydrogens (tertiary/aromatic N) is 2. The zero-order valence-corrected chi connectivity index (χ0v) is 18.5. The summed E-state index contributed by atoms with van der Waals surface area (Å²) in [5.41, 5.74) is 0.900. The lowest BCUT2D eigenvalue weighted by Gasteiger charge is -2.34. The average molecular weight is 474 g/mol. The van der Waals surface area contributed by atoms with Crippen LogP contribution in [0.15, 0.2) is 70.9 Å². The number of sulfonamides is 1. The molecule has 0 saturated carbocycles. The van der Waals surface area contributed by atoms with Crippen molar-refractivity contribution in [3.8, 4) is 0 Å². The molecule has 0 spiro atoms. The SMILES string of the molecule is O=C(Nc1cccc(C(=O)N2CCN(S(=O)(=O)c3cccc(F)c3)CC2)c1)c1cccs1. The van der Waals surface area contributed by atoms with E-state index in [1.807, 2.05) is 5.38 Å². The van der Waals surface area contributed by atoms with Crippen molar-refractivity contribution in [2.24, 2.45) is 0 Å². The first-order valence-electron chi connectivity index (χ1n) is 9.84. The fourth-order valence-electron chi connectivity index (χ4n) is 3.42. The minimum absolute atomic E-state index is 0.105. The molecule has 1 aromatic heterocycles. The van der Waals surface area contributed by atoms with Crippen LogP contribution in [0.3, 0.4) is 0 Å². The summed E-state index contributed by atoms with van der Waals surface area (Å²) in [5.74, 6) is -1.12. The Bertz CT molecular complexity index is 1240. The Morgan fingerprint density at radius 2 is 1.69 bits per heavy atom. The van der Waals surface area contributed by atoms with Crippen LogP contribution in [-0.4, -0.2) is 55.6 Å². The predicted molar refractivity (Wildman–Crippen MR) is 120 cm³/mol.